The predicted molar refractivity (Wildman–Crippen MR) is 145 cm³/mol. The largest absolute Gasteiger partial charge is 0.464 e. The zero-order valence-electron chi connectivity index (χ0n) is 22.6. The molecule has 0 aliphatic carbocycles. The van der Waals surface area contributed by atoms with Crippen LogP contribution in [0.1, 0.15) is 45.4 Å². The number of nitrogens with two attached hydrogens (primary N) is 1. The van der Waals surface area contributed by atoms with Crippen LogP contribution in [0.4, 0.5) is 5.82 Å². The third kappa shape index (κ3) is 6.80. The zero-order chi connectivity index (χ0) is 28.9. The fourth-order valence-corrected chi connectivity index (χ4v) is 5.84. The minimum atomic E-state index is -4.20. The van der Waals surface area contributed by atoms with E-state index in [0.717, 1.165) is 12.8 Å². The Labute approximate surface area is 232 Å². The van der Waals surface area contributed by atoms with E-state index in [-0.39, 0.29) is 24.1 Å². The Bertz CT molecular complexity index is 1320. The van der Waals surface area contributed by atoms with Gasteiger partial charge in [0.2, 0.25) is 0 Å². The molecule has 1 aliphatic heterocycles. The van der Waals surface area contributed by atoms with Crippen molar-refractivity contribution in [1.29, 1.82) is 0 Å². The number of nitrogen functional groups attached to an aromatic ring is 1. The lowest BCUT2D eigenvalue weighted by Gasteiger charge is -2.25. The van der Waals surface area contributed by atoms with Crippen molar-refractivity contribution in [3.8, 4) is 5.75 Å². The van der Waals surface area contributed by atoms with Gasteiger partial charge >= 0.3 is 13.7 Å². The Kier molecular flexibility index (Phi) is 9.77. The number of aromatic nitrogens is 3. The van der Waals surface area contributed by atoms with Crippen molar-refractivity contribution >= 4 is 25.1 Å². The van der Waals surface area contributed by atoms with Crippen LogP contribution in [0.5, 0.6) is 5.75 Å². The Morgan fingerprint density at radius 3 is 2.60 bits per heavy atom. The molecule has 1 saturated heterocycles. The first-order valence-corrected chi connectivity index (χ1v) is 14.7. The smallest absolute Gasteiger partial charge is 0.459 e. The predicted octanol–water partition coefficient (Wildman–Crippen LogP) is 2.63. The molecular formula is C26H36N5O8P. The summed E-state index contributed by atoms with van der Waals surface area (Å²) in [4.78, 5) is 16.6. The number of carbonyl (C=O) groups excluding carboxylic acids is 1. The van der Waals surface area contributed by atoms with Gasteiger partial charge in [-0.05, 0) is 37.1 Å². The summed E-state index contributed by atoms with van der Waals surface area (Å²) in [6.45, 7) is 5.34. The molecular weight excluding hydrogens is 541 g/mol. The number of anilines is 1. The number of hydrogen-bond donors (Lipinski definition) is 4. The van der Waals surface area contributed by atoms with Crippen molar-refractivity contribution in [2.24, 2.45) is 5.92 Å². The van der Waals surface area contributed by atoms with Gasteiger partial charge in [-0.15, -0.1) is 0 Å². The summed E-state index contributed by atoms with van der Waals surface area (Å²) >= 11 is 0. The molecule has 5 N–H and O–H groups in total. The Morgan fingerprint density at radius 1 is 1.18 bits per heavy atom. The standard InChI is InChI=1S/C26H36N5O8P/c1-4-17(5-2)13-36-26(34)16(3)30-40(35,39-18-9-7-6-8-10-18)37-14-21-22(32)23(33)24(38-21)19-11-12-20-25(27)28-15-29-31(19)20/h6-12,15-17,21-24,32-33H,4-5,13-14H2,1-3H3,(H,30,35)(H2,27,28,29)/t16-,21+,22+,23+,24-,40-/m0/s1. The SMILES string of the molecule is CCC(CC)COC(=O)[C@H](C)N[P@](=O)(OC[C@H]1O[C@@H](c2ccc3c(N)ncnn23)[C@H](O)[C@@H]1O)Oc1ccccc1. The first-order valence-electron chi connectivity index (χ1n) is 13.2. The second-order valence-electron chi connectivity index (χ2n) is 9.64. The van der Waals surface area contributed by atoms with Crippen LogP contribution in [-0.2, 0) is 23.4 Å². The van der Waals surface area contributed by atoms with Crippen molar-refractivity contribution in [2.45, 2.75) is 64.1 Å². The molecule has 2 aromatic heterocycles. The van der Waals surface area contributed by atoms with Crippen LogP contribution >= 0.6 is 7.75 Å². The Morgan fingerprint density at radius 2 is 1.90 bits per heavy atom. The fraction of sp³-hybridized carbons (Fsp3) is 0.500. The molecule has 40 heavy (non-hydrogen) atoms. The van der Waals surface area contributed by atoms with E-state index in [9.17, 15) is 19.6 Å². The quantitative estimate of drug-likeness (QED) is 0.173. The maximum atomic E-state index is 13.8. The van der Waals surface area contributed by atoms with Crippen LogP contribution in [0, 0.1) is 5.92 Å². The van der Waals surface area contributed by atoms with E-state index < -0.39 is 50.8 Å². The summed E-state index contributed by atoms with van der Waals surface area (Å²) in [5.74, 6) is 0.0904. The number of nitrogens with one attached hydrogen (secondary N) is 1. The molecule has 1 aromatic carbocycles. The van der Waals surface area contributed by atoms with Crippen LogP contribution in [0.3, 0.4) is 0 Å². The second-order valence-corrected chi connectivity index (χ2v) is 11.3. The number of hydrogen-bond acceptors (Lipinski definition) is 11. The monoisotopic (exact) mass is 577 g/mol. The highest BCUT2D eigenvalue weighted by atomic mass is 31.2. The summed E-state index contributed by atoms with van der Waals surface area (Å²) < 4.78 is 37.9. The van der Waals surface area contributed by atoms with E-state index in [1.807, 2.05) is 13.8 Å². The molecule has 4 rings (SSSR count). The molecule has 0 saturated carbocycles. The number of para-hydroxylation sites is 1. The summed E-state index contributed by atoms with van der Waals surface area (Å²) in [7, 11) is -4.20. The van der Waals surface area contributed by atoms with Crippen molar-refractivity contribution < 1.29 is 38.1 Å². The number of aliphatic hydroxyl groups excluding tert-OH is 2. The highest BCUT2D eigenvalue weighted by molar-refractivity contribution is 7.52. The van der Waals surface area contributed by atoms with E-state index in [4.69, 9.17) is 24.3 Å². The number of carbonyl (C=O) groups is 1. The third-order valence-electron chi connectivity index (χ3n) is 6.86. The number of rotatable bonds is 13. The first kappa shape index (κ1) is 29.9. The molecule has 3 aromatic rings. The van der Waals surface area contributed by atoms with Gasteiger partial charge in [0.05, 0.1) is 18.9 Å². The first-order chi connectivity index (χ1) is 19.2. The topological polar surface area (TPSA) is 180 Å². The highest BCUT2D eigenvalue weighted by Gasteiger charge is 2.46. The molecule has 0 unspecified atom stereocenters. The number of fused-ring (bicyclic) bond motifs is 1. The Balaban J connectivity index is 1.46. The summed E-state index contributed by atoms with van der Waals surface area (Å²) in [5.41, 5.74) is 6.85. The molecule has 13 nitrogen and oxygen atoms in total. The molecule has 6 atom stereocenters. The van der Waals surface area contributed by atoms with E-state index in [2.05, 4.69) is 15.2 Å². The highest BCUT2D eigenvalue weighted by Crippen LogP contribution is 2.46. The van der Waals surface area contributed by atoms with Crippen molar-refractivity contribution in [2.75, 3.05) is 18.9 Å². The summed E-state index contributed by atoms with van der Waals surface area (Å²) in [6, 6.07) is 10.6. The molecule has 0 amide bonds. The van der Waals surface area contributed by atoms with Crippen LogP contribution in [0.15, 0.2) is 48.8 Å². The molecule has 1 aliphatic rings. The van der Waals surface area contributed by atoms with E-state index in [0.29, 0.717) is 11.2 Å². The summed E-state index contributed by atoms with van der Waals surface area (Å²) in [6.07, 6.45) is -1.81. The van der Waals surface area contributed by atoms with Gasteiger partial charge < -0.3 is 29.9 Å². The van der Waals surface area contributed by atoms with Crippen LogP contribution in [0.25, 0.3) is 5.52 Å². The van der Waals surface area contributed by atoms with E-state index in [1.54, 1.807) is 42.5 Å². The van der Waals surface area contributed by atoms with E-state index in [1.165, 1.54) is 17.8 Å². The second kappa shape index (κ2) is 13.1. The Hall–Kier alpha value is -3.06. The van der Waals surface area contributed by atoms with Crippen molar-refractivity contribution in [3.05, 3.63) is 54.5 Å². The average molecular weight is 578 g/mol. The van der Waals surface area contributed by atoms with Crippen LogP contribution in [-0.4, -0.2) is 68.3 Å². The maximum absolute atomic E-state index is 13.8. The molecule has 0 spiro atoms. The van der Waals surface area contributed by atoms with Gasteiger partial charge in [-0.3, -0.25) is 9.32 Å². The lowest BCUT2D eigenvalue weighted by molar-refractivity contribution is -0.146. The summed E-state index contributed by atoms with van der Waals surface area (Å²) in [5, 5.41) is 28.3. The number of benzene rings is 1. The molecule has 218 valence electrons. The van der Waals surface area contributed by atoms with Gasteiger partial charge in [-0.2, -0.15) is 10.2 Å². The van der Waals surface area contributed by atoms with Gasteiger partial charge in [0.15, 0.2) is 5.82 Å². The number of aliphatic hydroxyl groups is 2. The van der Waals surface area contributed by atoms with Gasteiger partial charge in [-0.1, -0.05) is 44.9 Å². The van der Waals surface area contributed by atoms with Crippen LogP contribution in [0.2, 0.25) is 0 Å². The average Bonchev–Trinajstić information content (AvgIpc) is 3.50. The molecule has 14 heteroatoms. The molecule has 3 heterocycles. The molecule has 0 bridgehead atoms. The third-order valence-corrected chi connectivity index (χ3v) is 8.51. The lowest BCUT2D eigenvalue weighted by Crippen LogP contribution is -2.37. The number of esters is 1. The van der Waals surface area contributed by atoms with Gasteiger partial charge in [0, 0.05) is 0 Å². The fourth-order valence-electron chi connectivity index (χ4n) is 4.34. The van der Waals surface area contributed by atoms with E-state index >= 15 is 0 Å². The van der Waals surface area contributed by atoms with Gasteiger partial charge in [0.25, 0.3) is 0 Å². The van der Waals surface area contributed by atoms with Crippen molar-refractivity contribution in [1.82, 2.24) is 19.7 Å². The van der Waals surface area contributed by atoms with Gasteiger partial charge in [0.1, 0.15) is 48.1 Å². The van der Waals surface area contributed by atoms with Gasteiger partial charge in [-0.25, -0.2) is 14.1 Å². The van der Waals surface area contributed by atoms with Crippen molar-refractivity contribution in [3.63, 3.8) is 0 Å². The number of ether oxygens (including phenoxy) is 2. The lowest BCUT2D eigenvalue weighted by atomic mass is 10.1. The van der Waals surface area contributed by atoms with Crippen LogP contribution < -0.4 is 15.3 Å². The molecule has 1 fully saturated rings. The normalized spacial score (nSPS) is 23.2. The molecule has 0 radical (unpaired) electrons. The number of nitrogens with zero attached hydrogens (tertiary/aromatic N) is 3. The zero-order valence-corrected chi connectivity index (χ0v) is 23.5. The minimum absolute atomic E-state index is 0.223. The minimum Gasteiger partial charge on any atom is -0.464 e. The maximum Gasteiger partial charge on any atom is 0.459 e.